The molecule has 1 atom stereocenters. The van der Waals surface area contributed by atoms with Crippen molar-refractivity contribution in [1.29, 1.82) is 0 Å². The third kappa shape index (κ3) is 4.30. The van der Waals surface area contributed by atoms with Gasteiger partial charge in [0, 0.05) is 28.2 Å². The van der Waals surface area contributed by atoms with Gasteiger partial charge in [-0.05, 0) is 6.07 Å². The molecule has 0 unspecified atom stereocenters. The molecular formula is C28H25O3P. The minimum atomic E-state index is -3.27. The summed E-state index contributed by atoms with van der Waals surface area (Å²) in [6, 6.07) is 35.7. The second-order valence-electron chi connectivity index (χ2n) is 7.58. The Labute approximate surface area is 189 Å². The zero-order valence-electron chi connectivity index (χ0n) is 17.9. The van der Waals surface area contributed by atoms with Crippen molar-refractivity contribution in [1.82, 2.24) is 0 Å². The lowest BCUT2D eigenvalue weighted by atomic mass is 10.0. The summed E-state index contributed by atoms with van der Waals surface area (Å²) in [7, 11) is -1.67. The van der Waals surface area contributed by atoms with Crippen molar-refractivity contribution < 1.29 is 14.1 Å². The smallest absolute Gasteiger partial charge is 0.163 e. The van der Waals surface area contributed by atoms with Gasteiger partial charge >= 0.3 is 0 Å². The summed E-state index contributed by atoms with van der Waals surface area (Å²) in [6.07, 6.45) is 0.103. The first kappa shape index (κ1) is 21.8. The molecule has 0 spiro atoms. The topological polar surface area (TPSA) is 43.4 Å². The highest BCUT2D eigenvalue weighted by Crippen LogP contribution is 2.60. The van der Waals surface area contributed by atoms with Crippen LogP contribution in [0.25, 0.3) is 0 Å². The molecule has 3 nitrogen and oxygen atoms in total. The highest BCUT2D eigenvalue weighted by Gasteiger charge is 2.40. The van der Waals surface area contributed by atoms with Crippen LogP contribution in [-0.2, 0) is 4.57 Å². The lowest BCUT2D eigenvalue weighted by Crippen LogP contribution is -2.23. The van der Waals surface area contributed by atoms with E-state index in [1.165, 1.54) is 0 Å². The van der Waals surface area contributed by atoms with Crippen LogP contribution in [0.2, 0.25) is 0 Å². The van der Waals surface area contributed by atoms with E-state index in [0.717, 1.165) is 16.2 Å². The van der Waals surface area contributed by atoms with E-state index in [2.05, 4.69) is 0 Å². The molecule has 32 heavy (non-hydrogen) atoms. The normalized spacial score (nSPS) is 12.2. The number of benzene rings is 4. The number of rotatable bonds is 8. The Morgan fingerprint density at radius 2 is 1.19 bits per heavy atom. The number of hydrogen-bond acceptors (Lipinski definition) is 3. The fraction of sp³-hybridized carbons (Fsp3) is 0.107. The van der Waals surface area contributed by atoms with E-state index in [-0.39, 0.29) is 12.2 Å². The van der Waals surface area contributed by atoms with E-state index in [4.69, 9.17) is 4.74 Å². The summed E-state index contributed by atoms with van der Waals surface area (Å²) in [5, 5.41) is 1.45. The second-order valence-corrected chi connectivity index (χ2v) is 10.6. The number of carbonyl (C=O) groups is 1. The van der Waals surface area contributed by atoms with Crippen molar-refractivity contribution in [2.75, 3.05) is 7.11 Å². The van der Waals surface area contributed by atoms with Crippen LogP contribution in [0.5, 0.6) is 5.75 Å². The third-order valence-electron chi connectivity index (χ3n) is 5.69. The summed E-state index contributed by atoms with van der Waals surface area (Å²) < 4.78 is 20.8. The molecule has 0 saturated heterocycles. The van der Waals surface area contributed by atoms with Gasteiger partial charge in [-0.15, -0.1) is 0 Å². The van der Waals surface area contributed by atoms with Gasteiger partial charge in [-0.3, -0.25) is 4.79 Å². The van der Waals surface area contributed by atoms with E-state index < -0.39 is 12.8 Å². The molecule has 0 aliphatic rings. The van der Waals surface area contributed by atoms with Crippen LogP contribution >= 0.6 is 7.14 Å². The Balaban J connectivity index is 1.94. The summed E-state index contributed by atoms with van der Waals surface area (Å²) in [5.41, 5.74) is 0.812. The van der Waals surface area contributed by atoms with Gasteiger partial charge in [0.25, 0.3) is 0 Å². The monoisotopic (exact) mass is 440 g/mol. The first-order valence-corrected chi connectivity index (χ1v) is 12.3. The van der Waals surface area contributed by atoms with E-state index >= 15 is 4.57 Å². The number of Topliss-reactive ketones (excluding diaryl/α,β-unsaturated/α-hetero) is 1. The van der Waals surface area contributed by atoms with Crippen LogP contribution in [0.1, 0.15) is 28.0 Å². The zero-order valence-corrected chi connectivity index (χ0v) is 18.8. The van der Waals surface area contributed by atoms with Crippen molar-refractivity contribution in [3.63, 3.8) is 0 Å². The molecule has 0 heterocycles. The maximum Gasteiger partial charge on any atom is 0.163 e. The summed E-state index contributed by atoms with van der Waals surface area (Å²) in [5.74, 6) is 0.582. The minimum absolute atomic E-state index is 0.0476. The molecule has 4 aromatic carbocycles. The molecule has 0 fully saturated rings. The second kappa shape index (κ2) is 9.80. The van der Waals surface area contributed by atoms with E-state index in [1.54, 1.807) is 19.2 Å². The highest BCUT2D eigenvalue weighted by atomic mass is 31.2. The van der Waals surface area contributed by atoms with Crippen molar-refractivity contribution in [3.8, 4) is 5.75 Å². The van der Waals surface area contributed by atoms with E-state index in [0.29, 0.717) is 11.3 Å². The maximum atomic E-state index is 15.1. The minimum Gasteiger partial charge on any atom is -0.496 e. The number of ketones is 1. The summed E-state index contributed by atoms with van der Waals surface area (Å²) in [4.78, 5) is 13.4. The molecule has 0 N–H and O–H groups in total. The Hall–Kier alpha value is -3.42. The zero-order chi connectivity index (χ0) is 22.4. The van der Waals surface area contributed by atoms with Crippen LogP contribution < -0.4 is 15.3 Å². The van der Waals surface area contributed by atoms with Crippen molar-refractivity contribution in [2.24, 2.45) is 0 Å². The van der Waals surface area contributed by atoms with Crippen LogP contribution in [0, 0.1) is 0 Å². The van der Waals surface area contributed by atoms with Gasteiger partial charge in [-0.1, -0.05) is 109 Å². The molecule has 0 aliphatic heterocycles. The molecular weight excluding hydrogens is 415 g/mol. The molecule has 0 aliphatic carbocycles. The number of ether oxygens (including phenoxy) is 1. The molecule has 0 radical (unpaired) electrons. The predicted molar refractivity (Wildman–Crippen MR) is 131 cm³/mol. The van der Waals surface area contributed by atoms with Crippen LogP contribution in [0.15, 0.2) is 115 Å². The first-order valence-electron chi connectivity index (χ1n) is 10.6. The molecule has 4 rings (SSSR count). The molecule has 0 aromatic heterocycles. The number of para-hydroxylation sites is 1. The Kier molecular flexibility index (Phi) is 6.68. The van der Waals surface area contributed by atoms with E-state index in [1.807, 2.05) is 103 Å². The Morgan fingerprint density at radius 3 is 1.72 bits per heavy atom. The van der Waals surface area contributed by atoms with Crippen LogP contribution in [0.3, 0.4) is 0 Å². The molecule has 4 heteroatoms. The quantitative estimate of drug-likeness (QED) is 0.248. The lowest BCUT2D eigenvalue weighted by molar-refractivity contribution is 0.0981. The van der Waals surface area contributed by atoms with Crippen LogP contribution in [-0.4, -0.2) is 12.9 Å². The predicted octanol–water partition coefficient (Wildman–Crippen LogP) is 6.02. The molecule has 0 bridgehead atoms. The first-order chi connectivity index (χ1) is 15.6. The highest BCUT2D eigenvalue weighted by molar-refractivity contribution is 7.79. The number of carbonyl (C=O) groups excluding carboxylic acids is 1. The molecule has 160 valence electrons. The standard InChI is InChI=1S/C28H25O3P/c1-31-27-20-12-11-19-25(27)28(21-26(29)22-13-5-2-6-14-22)32(30,23-15-7-3-8-16-23)24-17-9-4-10-18-24/h2-20,28H,21H2,1H3/t28-/m1/s1. The molecule has 0 saturated carbocycles. The average molecular weight is 440 g/mol. The van der Waals surface area contributed by atoms with Crippen molar-refractivity contribution >= 4 is 23.5 Å². The average Bonchev–Trinajstić information content (AvgIpc) is 2.88. The lowest BCUT2D eigenvalue weighted by Gasteiger charge is -2.30. The summed E-state index contributed by atoms with van der Waals surface area (Å²) in [6.45, 7) is 0. The number of hydrogen-bond donors (Lipinski definition) is 0. The largest absolute Gasteiger partial charge is 0.496 e. The van der Waals surface area contributed by atoms with Gasteiger partial charge in [0.15, 0.2) is 12.9 Å². The maximum absolute atomic E-state index is 15.1. The number of methoxy groups -OCH3 is 1. The van der Waals surface area contributed by atoms with Gasteiger partial charge in [0.1, 0.15) is 5.75 Å². The molecule has 4 aromatic rings. The van der Waals surface area contributed by atoms with Gasteiger partial charge in [-0.2, -0.15) is 0 Å². The third-order valence-corrected chi connectivity index (χ3v) is 9.16. The Bertz CT molecular complexity index is 1180. The molecule has 0 amide bonds. The van der Waals surface area contributed by atoms with Crippen LogP contribution in [0.4, 0.5) is 0 Å². The fourth-order valence-electron chi connectivity index (χ4n) is 4.10. The van der Waals surface area contributed by atoms with Crippen molar-refractivity contribution in [3.05, 3.63) is 126 Å². The summed E-state index contributed by atoms with van der Waals surface area (Å²) >= 11 is 0. The SMILES string of the molecule is COc1ccccc1[C@@H](CC(=O)c1ccccc1)P(=O)(c1ccccc1)c1ccccc1. The van der Waals surface area contributed by atoms with Crippen molar-refractivity contribution in [2.45, 2.75) is 12.1 Å². The van der Waals surface area contributed by atoms with Gasteiger partial charge in [-0.25, -0.2) is 0 Å². The Morgan fingerprint density at radius 1 is 0.719 bits per heavy atom. The van der Waals surface area contributed by atoms with Gasteiger partial charge in [0.05, 0.1) is 12.8 Å². The van der Waals surface area contributed by atoms with Gasteiger partial charge in [0.2, 0.25) is 0 Å². The fourth-order valence-corrected chi connectivity index (χ4v) is 7.38. The van der Waals surface area contributed by atoms with Gasteiger partial charge < -0.3 is 9.30 Å². The van der Waals surface area contributed by atoms with E-state index in [9.17, 15) is 4.79 Å².